The average molecular weight is 356 g/mol. The maximum atomic E-state index is 12.9. The van der Waals surface area contributed by atoms with Crippen LogP contribution in [0.5, 0.6) is 5.75 Å². The minimum Gasteiger partial charge on any atom is -0.479 e. The van der Waals surface area contributed by atoms with Crippen LogP contribution in [0.4, 0.5) is 4.39 Å². The summed E-state index contributed by atoms with van der Waals surface area (Å²) < 4.78 is 24.9. The molecule has 0 saturated carbocycles. The van der Waals surface area contributed by atoms with Gasteiger partial charge in [0.15, 0.2) is 6.10 Å². The summed E-state index contributed by atoms with van der Waals surface area (Å²) in [6.07, 6.45) is 0.809. The van der Waals surface area contributed by atoms with Crippen LogP contribution in [0.1, 0.15) is 18.2 Å². The highest BCUT2D eigenvalue weighted by Crippen LogP contribution is 2.14. The van der Waals surface area contributed by atoms with Crippen molar-refractivity contribution in [1.82, 2.24) is 9.38 Å². The predicted octanol–water partition coefficient (Wildman–Crippen LogP) is 2.65. The highest BCUT2D eigenvalue weighted by atomic mass is 19.1. The van der Waals surface area contributed by atoms with Crippen molar-refractivity contribution >= 4 is 11.6 Å². The fourth-order valence-corrected chi connectivity index (χ4v) is 2.36. The summed E-state index contributed by atoms with van der Waals surface area (Å²) in [5.74, 6) is -0.648. The van der Waals surface area contributed by atoms with Crippen molar-refractivity contribution in [3.05, 3.63) is 76.1 Å². The van der Waals surface area contributed by atoms with E-state index in [1.807, 2.05) is 13.0 Å². The summed E-state index contributed by atoms with van der Waals surface area (Å²) >= 11 is 0. The summed E-state index contributed by atoms with van der Waals surface area (Å²) in [6.45, 7) is 3.26. The number of hydrogen-bond acceptors (Lipinski definition) is 5. The molecule has 0 saturated heterocycles. The monoisotopic (exact) mass is 356 g/mol. The van der Waals surface area contributed by atoms with Gasteiger partial charge in [-0.3, -0.25) is 9.20 Å². The third kappa shape index (κ3) is 4.05. The number of benzene rings is 1. The van der Waals surface area contributed by atoms with E-state index in [0.29, 0.717) is 17.1 Å². The van der Waals surface area contributed by atoms with Crippen LogP contribution in [-0.4, -0.2) is 21.5 Å². The molecular weight excluding hydrogens is 339 g/mol. The van der Waals surface area contributed by atoms with Gasteiger partial charge in [-0.2, -0.15) is 0 Å². The van der Waals surface area contributed by atoms with Crippen LogP contribution >= 0.6 is 0 Å². The van der Waals surface area contributed by atoms with Crippen LogP contribution in [0, 0.1) is 12.7 Å². The van der Waals surface area contributed by atoms with Crippen LogP contribution in [0.15, 0.2) is 53.5 Å². The van der Waals surface area contributed by atoms with Crippen molar-refractivity contribution in [3.8, 4) is 5.75 Å². The first-order chi connectivity index (χ1) is 12.4. The zero-order valence-corrected chi connectivity index (χ0v) is 14.3. The molecule has 0 bridgehead atoms. The van der Waals surface area contributed by atoms with E-state index in [4.69, 9.17) is 9.47 Å². The molecule has 0 unspecified atom stereocenters. The summed E-state index contributed by atoms with van der Waals surface area (Å²) in [5, 5.41) is 0. The molecule has 0 amide bonds. The lowest BCUT2D eigenvalue weighted by atomic mass is 10.3. The molecule has 0 aliphatic heterocycles. The van der Waals surface area contributed by atoms with Gasteiger partial charge in [-0.1, -0.05) is 6.07 Å². The van der Waals surface area contributed by atoms with E-state index < -0.39 is 17.9 Å². The molecule has 134 valence electrons. The van der Waals surface area contributed by atoms with Crippen molar-refractivity contribution in [2.24, 2.45) is 0 Å². The molecule has 3 rings (SSSR count). The number of carbonyl (C=O) groups excluding carboxylic acids is 1. The first-order valence-corrected chi connectivity index (χ1v) is 8.00. The van der Waals surface area contributed by atoms with Crippen molar-refractivity contribution in [3.63, 3.8) is 0 Å². The Labute approximate surface area is 148 Å². The topological polar surface area (TPSA) is 69.9 Å². The number of carbonyl (C=O) groups is 1. The lowest BCUT2D eigenvalue weighted by Gasteiger charge is -2.14. The lowest BCUT2D eigenvalue weighted by molar-refractivity contribution is -0.152. The quantitative estimate of drug-likeness (QED) is 0.658. The van der Waals surface area contributed by atoms with Crippen LogP contribution < -0.4 is 10.3 Å². The zero-order valence-electron chi connectivity index (χ0n) is 14.3. The molecule has 3 aromatic rings. The molecule has 0 radical (unpaired) electrons. The lowest BCUT2D eigenvalue weighted by Crippen LogP contribution is -2.26. The Morgan fingerprint density at radius 3 is 2.69 bits per heavy atom. The van der Waals surface area contributed by atoms with E-state index in [2.05, 4.69) is 4.98 Å². The third-order valence-electron chi connectivity index (χ3n) is 3.68. The Bertz CT molecular complexity index is 999. The second kappa shape index (κ2) is 7.35. The van der Waals surface area contributed by atoms with Crippen LogP contribution in [0.25, 0.3) is 5.65 Å². The molecule has 0 N–H and O–H groups in total. The molecular formula is C19H17FN2O4. The molecule has 2 heterocycles. The van der Waals surface area contributed by atoms with E-state index in [0.717, 1.165) is 5.56 Å². The average Bonchev–Trinajstić information content (AvgIpc) is 2.62. The predicted molar refractivity (Wildman–Crippen MR) is 92.5 cm³/mol. The maximum Gasteiger partial charge on any atom is 0.347 e. The highest BCUT2D eigenvalue weighted by Gasteiger charge is 2.17. The Kier molecular flexibility index (Phi) is 4.97. The van der Waals surface area contributed by atoms with E-state index >= 15 is 0 Å². The molecule has 0 spiro atoms. The maximum absolute atomic E-state index is 12.9. The van der Waals surface area contributed by atoms with Crippen LogP contribution in [-0.2, 0) is 16.1 Å². The third-order valence-corrected chi connectivity index (χ3v) is 3.68. The fourth-order valence-electron chi connectivity index (χ4n) is 2.36. The van der Waals surface area contributed by atoms with Gasteiger partial charge in [0.25, 0.3) is 5.56 Å². The standard InChI is InChI=1S/C19H17FN2O4/c1-12-3-8-17-21-15(9-18(23)22(17)10-12)11-25-19(24)13(2)26-16-6-4-14(20)5-7-16/h3-10,13H,11H2,1-2H3/t13-/m1/s1. The number of nitrogens with zero attached hydrogens (tertiary/aromatic N) is 2. The van der Waals surface area contributed by atoms with Gasteiger partial charge in [-0.05, 0) is 49.7 Å². The van der Waals surface area contributed by atoms with Gasteiger partial charge in [-0.15, -0.1) is 0 Å². The Balaban J connectivity index is 1.65. The minimum atomic E-state index is -0.885. The van der Waals surface area contributed by atoms with Crippen molar-refractivity contribution < 1.29 is 18.7 Å². The summed E-state index contributed by atoms with van der Waals surface area (Å²) in [7, 11) is 0. The van der Waals surface area contributed by atoms with Gasteiger partial charge in [-0.25, -0.2) is 14.2 Å². The van der Waals surface area contributed by atoms with Gasteiger partial charge in [0.05, 0.1) is 5.69 Å². The summed E-state index contributed by atoms with van der Waals surface area (Å²) in [5.41, 5.74) is 1.51. The van der Waals surface area contributed by atoms with Crippen molar-refractivity contribution in [1.29, 1.82) is 0 Å². The summed E-state index contributed by atoms with van der Waals surface area (Å²) in [4.78, 5) is 28.5. The van der Waals surface area contributed by atoms with Crippen LogP contribution in [0.2, 0.25) is 0 Å². The number of fused-ring (bicyclic) bond motifs is 1. The number of rotatable bonds is 5. The molecule has 0 fully saturated rings. The van der Waals surface area contributed by atoms with Gasteiger partial charge >= 0.3 is 5.97 Å². The molecule has 7 heteroatoms. The largest absolute Gasteiger partial charge is 0.479 e. The molecule has 0 aliphatic carbocycles. The normalized spacial score (nSPS) is 12.0. The number of pyridine rings is 1. The molecule has 26 heavy (non-hydrogen) atoms. The Morgan fingerprint density at radius 2 is 1.96 bits per heavy atom. The first kappa shape index (κ1) is 17.6. The van der Waals surface area contributed by atoms with Gasteiger partial charge < -0.3 is 9.47 Å². The van der Waals surface area contributed by atoms with Gasteiger partial charge in [0, 0.05) is 12.3 Å². The zero-order chi connectivity index (χ0) is 18.7. The van der Waals surface area contributed by atoms with E-state index in [1.54, 1.807) is 12.3 Å². The number of ether oxygens (including phenoxy) is 2. The molecule has 1 aromatic carbocycles. The Morgan fingerprint density at radius 1 is 1.23 bits per heavy atom. The molecule has 6 nitrogen and oxygen atoms in total. The number of aryl methyl sites for hydroxylation is 1. The number of esters is 1. The SMILES string of the molecule is Cc1ccc2nc(COC(=O)[C@@H](C)Oc3ccc(F)cc3)cc(=O)n2c1. The van der Waals surface area contributed by atoms with Crippen molar-refractivity contribution in [2.45, 2.75) is 26.6 Å². The smallest absolute Gasteiger partial charge is 0.347 e. The van der Waals surface area contributed by atoms with Crippen LogP contribution in [0.3, 0.4) is 0 Å². The number of hydrogen-bond donors (Lipinski definition) is 0. The van der Waals surface area contributed by atoms with Gasteiger partial charge in [0.1, 0.15) is 23.8 Å². The van der Waals surface area contributed by atoms with E-state index in [-0.39, 0.29) is 12.2 Å². The second-order valence-electron chi connectivity index (χ2n) is 5.84. The number of aromatic nitrogens is 2. The first-order valence-electron chi connectivity index (χ1n) is 8.00. The van der Waals surface area contributed by atoms with Crippen molar-refractivity contribution in [2.75, 3.05) is 0 Å². The second-order valence-corrected chi connectivity index (χ2v) is 5.84. The van der Waals surface area contributed by atoms with Gasteiger partial charge in [0.2, 0.25) is 0 Å². The molecule has 1 atom stereocenters. The fraction of sp³-hybridized carbons (Fsp3) is 0.211. The summed E-state index contributed by atoms with van der Waals surface area (Å²) in [6, 6.07) is 10.2. The minimum absolute atomic E-state index is 0.143. The number of halogens is 1. The van der Waals surface area contributed by atoms with E-state index in [1.165, 1.54) is 41.7 Å². The Hall–Kier alpha value is -3.22. The highest BCUT2D eigenvalue weighted by molar-refractivity contribution is 5.74. The molecule has 0 aliphatic rings. The van der Waals surface area contributed by atoms with E-state index in [9.17, 15) is 14.0 Å². The molecule has 2 aromatic heterocycles.